The van der Waals surface area contributed by atoms with Crippen LogP contribution in [0.1, 0.15) is 6.92 Å². The molecule has 30 heavy (non-hydrogen) atoms. The molecule has 8 unspecified atom stereocenters. The van der Waals surface area contributed by atoms with Crippen LogP contribution in [0.15, 0.2) is 0 Å². The van der Waals surface area contributed by atoms with Gasteiger partial charge in [-0.05, 0) is 6.92 Å². The van der Waals surface area contributed by atoms with Crippen LogP contribution in [0.25, 0.3) is 0 Å². The SMILES string of the molecule is CCO.O=C([O-])C(O)C(O)C(O)C(O)CO.O=C([O-])C(O)C(O)C(O)C(O)CO.[Ca+2]. The summed E-state index contributed by atoms with van der Waals surface area (Å²) in [5, 5.41) is 114. The number of carbonyl (C=O) groups excluding carboxylic acids is 2. The summed E-state index contributed by atoms with van der Waals surface area (Å²) in [6.45, 7) is 0.204. The van der Waals surface area contributed by atoms with Gasteiger partial charge in [0.15, 0.2) is 0 Å². The Kier molecular flexibility index (Phi) is 25.5. The van der Waals surface area contributed by atoms with Crippen LogP contribution in [0.5, 0.6) is 0 Å². The average Bonchev–Trinajstić information content (AvgIpc) is 2.69. The molecule has 176 valence electrons. The van der Waals surface area contributed by atoms with E-state index >= 15 is 0 Å². The summed E-state index contributed by atoms with van der Waals surface area (Å²) in [5.74, 6) is -3.95. The normalized spacial score (nSPS) is 18.3. The Balaban J connectivity index is -0.000000193. The summed E-state index contributed by atoms with van der Waals surface area (Å²) >= 11 is 0. The summed E-state index contributed by atoms with van der Waals surface area (Å²) < 4.78 is 0. The number of aliphatic carboxylic acids is 2. The number of aliphatic hydroxyl groups excluding tert-OH is 11. The minimum atomic E-state index is -2.31. The minimum absolute atomic E-state index is 0. The Morgan fingerprint density at radius 1 is 0.633 bits per heavy atom. The first-order valence-corrected chi connectivity index (χ1v) is 7.93. The molecule has 0 radical (unpaired) electrons. The molecule has 0 bridgehead atoms. The van der Waals surface area contributed by atoms with E-state index < -0.39 is 74.0 Å². The molecule has 0 aromatic heterocycles. The summed E-state index contributed by atoms with van der Waals surface area (Å²) in [5.41, 5.74) is 0. The van der Waals surface area contributed by atoms with Gasteiger partial charge in [0.25, 0.3) is 0 Å². The maximum atomic E-state index is 9.98. The molecule has 0 rings (SSSR count). The largest absolute Gasteiger partial charge is 2.00 e. The van der Waals surface area contributed by atoms with E-state index in [2.05, 4.69) is 0 Å². The van der Waals surface area contributed by atoms with Gasteiger partial charge in [0.1, 0.15) is 48.8 Å². The summed E-state index contributed by atoms with van der Waals surface area (Å²) in [6, 6.07) is 0. The first-order chi connectivity index (χ1) is 13.2. The minimum Gasteiger partial charge on any atom is -0.547 e. The van der Waals surface area contributed by atoms with E-state index in [-0.39, 0.29) is 44.3 Å². The van der Waals surface area contributed by atoms with Gasteiger partial charge in [0.05, 0.1) is 25.2 Å². The number of hydrogen-bond acceptors (Lipinski definition) is 15. The molecule has 11 N–H and O–H groups in total. The molecule has 0 heterocycles. The fraction of sp³-hybridized carbons (Fsp3) is 0.857. The van der Waals surface area contributed by atoms with Crippen molar-refractivity contribution in [1.29, 1.82) is 0 Å². The molecular formula is C14H28CaO15. The first kappa shape index (κ1) is 37.1. The van der Waals surface area contributed by atoms with Crippen LogP contribution < -0.4 is 10.2 Å². The topological polar surface area (TPSA) is 303 Å². The van der Waals surface area contributed by atoms with Gasteiger partial charge >= 0.3 is 37.7 Å². The fourth-order valence-corrected chi connectivity index (χ4v) is 1.32. The predicted molar refractivity (Wildman–Crippen MR) is 90.8 cm³/mol. The van der Waals surface area contributed by atoms with E-state index in [9.17, 15) is 19.8 Å². The summed E-state index contributed by atoms with van der Waals surface area (Å²) in [6.07, 6.45) is -16.2. The second kappa shape index (κ2) is 20.7. The van der Waals surface area contributed by atoms with Crippen molar-refractivity contribution in [3.05, 3.63) is 0 Å². The third-order valence-corrected chi connectivity index (χ3v) is 2.99. The number of carboxylic acids is 2. The molecule has 0 aliphatic heterocycles. The fourth-order valence-electron chi connectivity index (χ4n) is 1.32. The van der Waals surface area contributed by atoms with Gasteiger partial charge in [-0.2, -0.15) is 0 Å². The van der Waals surface area contributed by atoms with Crippen molar-refractivity contribution in [3.8, 4) is 0 Å². The van der Waals surface area contributed by atoms with Crippen molar-refractivity contribution in [2.24, 2.45) is 0 Å². The van der Waals surface area contributed by atoms with Gasteiger partial charge < -0.3 is 76.0 Å². The molecule has 0 spiro atoms. The number of hydrogen-bond donors (Lipinski definition) is 11. The predicted octanol–water partition coefficient (Wildman–Crippen LogP) is -10.0. The number of carbonyl (C=O) groups is 2. The maximum absolute atomic E-state index is 9.98. The van der Waals surface area contributed by atoms with Crippen LogP contribution in [0.4, 0.5) is 0 Å². The van der Waals surface area contributed by atoms with Crippen molar-refractivity contribution < 1.29 is 76.0 Å². The van der Waals surface area contributed by atoms with Crippen LogP contribution in [-0.2, 0) is 9.59 Å². The van der Waals surface area contributed by atoms with E-state index in [0.29, 0.717) is 0 Å². The monoisotopic (exact) mass is 476 g/mol. The molecule has 8 atom stereocenters. The van der Waals surface area contributed by atoms with Crippen LogP contribution in [0, 0.1) is 0 Å². The molecule has 0 amide bonds. The van der Waals surface area contributed by atoms with E-state index in [1.165, 1.54) is 0 Å². The van der Waals surface area contributed by atoms with Gasteiger partial charge in [-0.3, -0.25) is 0 Å². The Labute approximate surface area is 200 Å². The zero-order valence-corrected chi connectivity index (χ0v) is 18.2. The van der Waals surface area contributed by atoms with E-state index in [1.807, 2.05) is 0 Å². The Hall–Kier alpha value is -0.240. The number of aliphatic hydroxyl groups is 11. The summed E-state index contributed by atoms with van der Waals surface area (Å²) in [4.78, 5) is 20.0. The molecule has 0 saturated heterocycles. The Morgan fingerprint density at radius 3 is 0.967 bits per heavy atom. The first-order valence-electron chi connectivity index (χ1n) is 7.93. The molecular weight excluding hydrogens is 448 g/mol. The standard InChI is InChI=1S/2C6H12O7.C2H6O.Ca/c2*7-1-2(8)3(9)4(10)5(11)6(12)13;1-2-3;/h2*2-5,7-11H,1H2,(H,12,13);3H,2H2,1H3;/q;;;+2/p-2. The van der Waals surface area contributed by atoms with Crippen LogP contribution in [0.2, 0.25) is 0 Å². The van der Waals surface area contributed by atoms with Crippen LogP contribution in [-0.4, -0.2) is 175 Å². The average molecular weight is 476 g/mol. The van der Waals surface area contributed by atoms with E-state index in [4.69, 9.17) is 56.2 Å². The Morgan fingerprint density at radius 2 is 0.833 bits per heavy atom. The van der Waals surface area contributed by atoms with E-state index in [0.717, 1.165) is 0 Å². The third kappa shape index (κ3) is 15.5. The number of carboxylic acid groups (broad SMARTS) is 2. The molecule has 0 aliphatic rings. The maximum Gasteiger partial charge on any atom is 2.00 e. The van der Waals surface area contributed by atoms with Gasteiger partial charge in [-0.15, -0.1) is 0 Å². The van der Waals surface area contributed by atoms with Gasteiger partial charge in [0, 0.05) is 6.61 Å². The van der Waals surface area contributed by atoms with E-state index in [1.54, 1.807) is 6.92 Å². The zero-order chi connectivity index (χ0) is 23.9. The summed E-state index contributed by atoms with van der Waals surface area (Å²) in [7, 11) is 0. The van der Waals surface area contributed by atoms with Crippen LogP contribution >= 0.6 is 0 Å². The van der Waals surface area contributed by atoms with Gasteiger partial charge in [-0.1, -0.05) is 0 Å². The molecule has 0 aliphatic carbocycles. The van der Waals surface area contributed by atoms with Crippen molar-refractivity contribution in [2.75, 3.05) is 19.8 Å². The van der Waals surface area contributed by atoms with Crippen LogP contribution in [0.3, 0.4) is 0 Å². The molecule has 15 nitrogen and oxygen atoms in total. The second-order valence-electron chi connectivity index (χ2n) is 5.31. The smallest absolute Gasteiger partial charge is 0.547 e. The molecule has 16 heteroatoms. The van der Waals surface area contributed by atoms with Crippen molar-refractivity contribution in [1.82, 2.24) is 0 Å². The van der Waals surface area contributed by atoms with Crippen molar-refractivity contribution >= 4 is 49.7 Å². The molecule has 0 aromatic carbocycles. The molecule has 0 aromatic rings. The zero-order valence-electron chi connectivity index (χ0n) is 16.0. The van der Waals surface area contributed by atoms with Gasteiger partial charge in [0.2, 0.25) is 0 Å². The second-order valence-corrected chi connectivity index (χ2v) is 5.31. The Bertz CT molecular complexity index is 402. The quantitative estimate of drug-likeness (QED) is 0.130. The van der Waals surface area contributed by atoms with Crippen molar-refractivity contribution in [2.45, 2.75) is 55.8 Å². The molecule has 0 saturated carbocycles. The van der Waals surface area contributed by atoms with Gasteiger partial charge in [-0.25, -0.2) is 0 Å². The van der Waals surface area contributed by atoms with Crippen molar-refractivity contribution in [3.63, 3.8) is 0 Å². The number of rotatable bonds is 10. The molecule has 0 fully saturated rings. The third-order valence-electron chi connectivity index (χ3n) is 2.99.